The van der Waals surface area contributed by atoms with Gasteiger partial charge in [0.2, 0.25) is 10.0 Å². The van der Waals surface area contributed by atoms with Gasteiger partial charge in [0.15, 0.2) is 0 Å². The van der Waals surface area contributed by atoms with Crippen LogP contribution in [0.5, 0.6) is 5.75 Å². The number of sulfonamides is 1. The van der Waals surface area contributed by atoms with Gasteiger partial charge in [0, 0.05) is 18.0 Å². The van der Waals surface area contributed by atoms with E-state index in [9.17, 15) is 13.2 Å². The number of rotatable bonds is 7. The van der Waals surface area contributed by atoms with Gasteiger partial charge in [-0.2, -0.15) is 0 Å². The first kappa shape index (κ1) is 17.2. The molecule has 0 fully saturated rings. The van der Waals surface area contributed by atoms with Crippen LogP contribution in [0.15, 0.2) is 74.8 Å². The Hall–Kier alpha value is -2.64. The molecule has 2 aromatic carbocycles. The lowest BCUT2D eigenvalue weighted by atomic mass is 10.2. The molecule has 0 saturated heterocycles. The number of ether oxygens (including phenoxy) is 1. The minimum Gasteiger partial charge on any atom is -0.494 e. The summed E-state index contributed by atoms with van der Waals surface area (Å²) in [5.41, 5.74) is -0.123. The molecular formula is C18H17NO5S. The van der Waals surface area contributed by atoms with Crippen LogP contribution >= 0.6 is 0 Å². The Labute approximate surface area is 145 Å². The van der Waals surface area contributed by atoms with E-state index in [0.717, 1.165) is 5.75 Å². The van der Waals surface area contributed by atoms with Crippen molar-refractivity contribution in [3.63, 3.8) is 0 Å². The fraction of sp³-hybridized carbons (Fsp3) is 0.167. The van der Waals surface area contributed by atoms with Crippen molar-refractivity contribution in [1.29, 1.82) is 0 Å². The molecule has 0 aliphatic carbocycles. The molecule has 0 spiro atoms. The third kappa shape index (κ3) is 4.46. The second-order valence-electron chi connectivity index (χ2n) is 5.37. The van der Waals surface area contributed by atoms with E-state index in [4.69, 9.17) is 9.15 Å². The SMILES string of the molecule is O=c1ccc2cc(S(=O)(=O)NCCCOc3ccccc3)ccc2o1. The van der Waals surface area contributed by atoms with Crippen molar-refractivity contribution >= 4 is 21.0 Å². The molecule has 1 heterocycles. The standard InChI is InChI=1S/C18H17NO5S/c20-18-10-7-14-13-16(8-9-17(14)24-18)25(21,22)19-11-4-12-23-15-5-2-1-3-6-15/h1-3,5-10,13,19H,4,11-12H2. The summed E-state index contributed by atoms with van der Waals surface area (Å²) >= 11 is 0. The quantitative estimate of drug-likeness (QED) is 0.517. The molecule has 3 rings (SSSR count). The zero-order valence-electron chi connectivity index (χ0n) is 13.3. The van der Waals surface area contributed by atoms with Crippen molar-refractivity contribution in [2.75, 3.05) is 13.2 Å². The Bertz CT molecular complexity index is 1010. The fourth-order valence-corrected chi connectivity index (χ4v) is 3.39. The highest BCUT2D eigenvalue weighted by molar-refractivity contribution is 7.89. The average Bonchev–Trinajstić information content (AvgIpc) is 2.61. The predicted octanol–water partition coefficient (Wildman–Crippen LogP) is 2.54. The Morgan fingerprint density at radius 1 is 1.00 bits per heavy atom. The molecule has 0 aliphatic heterocycles. The van der Waals surface area contributed by atoms with Crippen molar-refractivity contribution < 1.29 is 17.6 Å². The molecule has 3 aromatic rings. The molecule has 7 heteroatoms. The van der Waals surface area contributed by atoms with Gasteiger partial charge < -0.3 is 9.15 Å². The van der Waals surface area contributed by atoms with E-state index in [1.54, 1.807) is 0 Å². The molecule has 1 N–H and O–H groups in total. The first-order valence-corrected chi connectivity index (χ1v) is 9.24. The van der Waals surface area contributed by atoms with E-state index in [2.05, 4.69) is 4.72 Å². The van der Waals surface area contributed by atoms with Crippen LogP contribution < -0.4 is 15.1 Å². The van der Waals surface area contributed by atoms with Crippen molar-refractivity contribution in [3.8, 4) is 5.75 Å². The van der Waals surface area contributed by atoms with Crippen molar-refractivity contribution in [2.45, 2.75) is 11.3 Å². The van der Waals surface area contributed by atoms with Crippen LogP contribution in [0.4, 0.5) is 0 Å². The Balaban J connectivity index is 1.58. The second kappa shape index (κ2) is 7.50. The van der Waals surface area contributed by atoms with Gasteiger partial charge in [0.05, 0.1) is 11.5 Å². The largest absolute Gasteiger partial charge is 0.494 e. The Morgan fingerprint density at radius 3 is 2.60 bits per heavy atom. The number of nitrogens with one attached hydrogen (secondary N) is 1. The van der Waals surface area contributed by atoms with Crippen LogP contribution in [0.25, 0.3) is 11.0 Å². The third-order valence-electron chi connectivity index (χ3n) is 3.53. The second-order valence-corrected chi connectivity index (χ2v) is 7.13. The van der Waals surface area contributed by atoms with Crippen LogP contribution in [-0.2, 0) is 10.0 Å². The molecule has 0 saturated carbocycles. The molecule has 0 unspecified atom stereocenters. The molecule has 0 atom stereocenters. The van der Waals surface area contributed by atoms with Gasteiger partial charge in [-0.05, 0) is 42.8 Å². The summed E-state index contributed by atoms with van der Waals surface area (Å²) in [6.45, 7) is 0.673. The van der Waals surface area contributed by atoms with Crippen molar-refractivity contribution in [1.82, 2.24) is 4.72 Å². The van der Waals surface area contributed by atoms with E-state index in [0.29, 0.717) is 24.0 Å². The highest BCUT2D eigenvalue weighted by Crippen LogP contribution is 2.17. The smallest absolute Gasteiger partial charge is 0.336 e. The summed E-state index contributed by atoms with van der Waals surface area (Å²) in [7, 11) is -3.63. The maximum Gasteiger partial charge on any atom is 0.336 e. The molecule has 6 nitrogen and oxygen atoms in total. The van der Waals surface area contributed by atoms with Gasteiger partial charge in [0.25, 0.3) is 0 Å². The normalized spacial score (nSPS) is 11.5. The van der Waals surface area contributed by atoms with E-state index < -0.39 is 15.6 Å². The number of benzene rings is 2. The molecule has 1 aromatic heterocycles. The zero-order valence-corrected chi connectivity index (χ0v) is 14.2. The van der Waals surface area contributed by atoms with Gasteiger partial charge in [0.1, 0.15) is 11.3 Å². The Morgan fingerprint density at radius 2 is 1.80 bits per heavy atom. The molecule has 0 aliphatic rings. The zero-order chi connectivity index (χ0) is 17.7. The third-order valence-corrected chi connectivity index (χ3v) is 4.98. The van der Waals surface area contributed by atoms with Crippen LogP contribution in [0.2, 0.25) is 0 Å². The van der Waals surface area contributed by atoms with E-state index >= 15 is 0 Å². The summed E-state index contributed by atoms with van der Waals surface area (Å²) < 4.78 is 37.7. The van der Waals surface area contributed by atoms with Crippen LogP contribution in [0.1, 0.15) is 6.42 Å². The maximum absolute atomic E-state index is 12.3. The summed E-state index contributed by atoms with van der Waals surface area (Å²) in [5, 5.41) is 0.551. The lowest BCUT2D eigenvalue weighted by Gasteiger charge is -2.08. The predicted molar refractivity (Wildman–Crippen MR) is 94.2 cm³/mol. The topological polar surface area (TPSA) is 85.6 Å². The summed E-state index contributed by atoms with van der Waals surface area (Å²) in [6, 6.07) is 16.5. The number of hydrogen-bond acceptors (Lipinski definition) is 5. The number of para-hydroxylation sites is 1. The Kier molecular flexibility index (Phi) is 5.16. The summed E-state index contributed by atoms with van der Waals surface area (Å²) in [5.74, 6) is 0.751. The van der Waals surface area contributed by atoms with Crippen LogP contribution in [0, 0.1) is 0 Å². The number of hydrogen-bond donors (Lipinski definition) is 1. The molecule has 25 heavy (non-hydrogen) atoms. The van der Waals surface area contributed by atoms with Crippen LogP contribution in [-0.4, -0.2) is 21.6 Å². The average molecular weight is 359 g/mol. The van der Waals surface area contributed by atoms with E-state index in [1.807, 2.05) is 30.3 Å². The maximum atomic E-state index is 12.3. The summed E-state index contributed by atoms with van der Waals surface area (Å²) in [6.07, 6.45) is 0.538. The molecule has 130 valence electrons. The first-order valence-electron chi connectivity index (χ1n) is 7.76. The minimum absolute atomic E-state index is 0.123. The van der Waals surface area contributed by atoms with Gasteiger partial charge >= 0.3 is 5.63 Å². The minimum atomic E-state index is -3.63. The fourth-order valence-electron chi connectivity index (χ4n) is 2.29. The monoisotopic (exact) mass is 359 g/mol. The first-order chi connectivity index (χ1) is 12.0. The number of fused-ring (bicyclic) bond motifs is 1. The lowest BCUT2D eigenvalue weighted by molar-refractivity contribution is 0.311. The van der Waals surface area contributed by atoms with Crippen LogP contribution in [0.3, 0.4) is 0 Å². The molecule has 0 radical (unpaired) electrons. The summed E-state index contributed by atoms with van der Waals surface area (Å²) in [4.78, 5) is 11.3. The molecular weight excluding hydrogens is 342 g/mol. The molecule has 0 bridgehead atoms. The lowest BCUT2D eigenvalue weighted by Crippen LogP contribution is -2.25. The van der Waals surface area contributed by atoms with Crippen molar-refractivity contribution in [2.24, 2.45) is 0 Å². The van der Waals surface area contributed by atoms with Crippen molar-refractivity contribution in [3.05, 3.63) is 71.1 Å². The van der Waals surface area contributed by atoms with Gasteiger partial charge in [-0.3, -0.25) is 0 Å². The van der Waals surface area contributed by atoms with Gasteiger partial charge in [-0.25, -0.2) is 17.9 Å². The molecule has 0 amide bonds. The van der Waals surface area contributed by atoms with Gasteiger partial charge in [-0.15, -0.1) is 0 Å². The highest BCUT2D eigenvalue weighted by atomic mass is 32.2. The highest BCUT2D eigenvalue weighted by Gasteiger charge is 2.14. The van der Waals surface area contributed by atoms with E-state index in [-0.39, 0.29) is 11.4 Å². The van der Waals surface area contributed by atoms with Gasteiger partial charge in [-0.1, -0.05) is 18.2 Å². The van der Waals surface area contributed by atoms with E-state index in [1.165, 1.54) is 30.3 Å².